The Labute approximate surface area is 328 Å². The molecule has 8 aromatic rings. The van der Waals surface area contributed by atoms with Crippen LogP contribution < -0.4 is 21.3 Å². The fourth-order valence-corrected chi connectivity index (χ4v) is 10.3. The van der Waals surface area contributed by atoms with Crippen LogP contribution >= 0.6 is 0 Å². The number of rotatable bonds is 8. The molecule has 4 aromatic heterocycles. The summed E-state index contributed by atoms with van der Waals surface area (Å²) in [6.07, 6.45) is 0. The maximum absolute atomic E-state index is 5.44. The van der Waals surface area contributed by atoms with Crippen molar-refractivity contribution in [3.63, 3.8) is 0 Å². The number of pyridine rings is 4. The molecule has 0 saturated carbocycles. The van der Waals surface area contributed by atoms with Crippen molar-refractivity contribution < 1.29 is 42.1 Å². The van der Waals surface area contributed by atoms with Gasteiger partial charge in [-0.1, -0.05) is 48.5 Å². The van der Waals surface area contributed by atoms with Gasteiger partial charge in [-0.2, -0.15) is 0 Å². The predicted octanol–water partition coefficient (Wildman–Crippen LogP) is 6.51. The third-order valence-electron chi connectivity index (χ3n) is 8.47. The molecule has 7 heteroatoms. The molecule has 4 nitrogen and oxygen atoms in total. The van der Waals surface area contributed by atoms with Crippen molar-refractivity contribution in [3.05, 3.63) is 194 Å². The van der Waals surface area contributed by atoms with Crippen molar-refractivity contribution in [1.82, 2.24) is 19.9 Å². The summed E-state index contributed by atoms with van der Waals surface area (Å²) in [5, 5.41) is 3.47. The summed E-state index contributed by atoms with van der Waals surface area (Å²) >= 11 is 0. The van der Waals surface area contributed by atoms with Crippen LogP contribution in [0, 0.1) is 24.3 Å². The number of hydrogen-bond acceptors (Lipinski definition) is 4. The van der Waals surface area contributed by atoms with E-state index in [-0.39, 0.29) is 42.1 Å². The van der Waals surface area contributed by atoms with E-state index < -0.39 is 8.07 Å². The van der Waals surface area contributed by atoms with Crippen LogP contribution in [-0.2, 0) is 42.1 Å². The molecular formula is C44H28N4Pt2Si. The zero-order valence-corrected chi connectivity index (χ0v) is 32.6. The molecule has 4 aromatic carbocycles. The minimum atomic E-state index is -3.46. The Morgan fingerprint density at radius 3 is 0.765 bits per heavy atom. The van der Waals surface area contributed by atoms with Crippen molar-refractivity contribution in [2.75, 3.05) is 0 Å². The Hall–Kier alpha value is -4.93. The minimum absolute atomic E-state index is 0. The molecule has 0 aliphatic rings. The van der Waals surface area contributed by atoms with Crippen LogP contribution in [0.3, 0.4) is 0 Å². The smallest absolute Gasteiger partial charge is 0.305 e. The van der Waals surface area contributed by atoms with E-state index in [1.165, 1.54) is 0 Å². The molecule has 0 saturated heterocycles. The van der Waals surface area contributed by atoms with E-state index in [4.69, 9.17) is 19.9 Å². The standard InChI is InChI=1S/C44H28N4Si.2Pt/c1-5-17-33(18-6-1)37-25-13-29-41(45-37)49(42-30-14-26-38(46-42)34-19-7-2-8-20-34,43-31-15-27-39(47-43)35-21-9-3-10-22-35)44-32-16-28-40(48-44)36-23-11-4-12-24-36;;/h1-17,19,21,23,25-32H;;/q-4;2*+2. The number of aromatic nitrogens is 4. The molecule has 0 fully saturated rings. The Bertz CT molecular complexity index is 2000. The molecule has 0 amide bonds. The van der Waals surface area contributed by atoms with Gasteiger partial charge in [-0.3, -0.25) is 0 Å². The molecule has 0 radical (unpaired) electrons. The van der Waals surface area contributed by atoms with Crippen molar-refractivity contribution in [2.24, 2.45) is 0 Å². The van der Waals surface area contributed by atoms with Crippen molar-refractivity contribution in [1.29, 1.82) is 0 Å². The largest absolute Gasteiger partial charge is 2.00 e. The minimum Gasteiger partial charge on any atom is -0.305 e. The third-order valence-corrected chi connectivity index (χ3v) is 12.7. The maximum Gasteiger partial charge on any atom is 2.00 e. The van der Waals surface area contributed by atoms with E-state index in [9.17, 15) is 0 Å². The molecule has 4 heterocycles. The van der Waals surface area contributed by atoms with Crippen LogP contribution in [0.4, 0.5) is 0 Å². The quantitative estimate of drug-likeness (QED) is 0.129. The van der Waals surface area contributed by atoms with E-state index in [0.717, 1.165) is 66.3 Å². The second-order valence-electron chi connectivity index (χ2n) is 11.5. The Morgan fingerprint density at radius 2 is 0.549 bits per heavy atom. The van der Waals surface area contributed by atoms with Crippen LogP contribution in [0.1, 0.15) is 0 Å². The van der Waals surface area contributed by atoms with Crippen molar-refractivity contribution in [3.8, 4) is 45.0 Å². The first-order valence-corrected chi connectivity index (χ1v) is 18.1. The van der Waals surface area contributed by atoms with Gasteiger partial charge in [-0.25, -0.2) is 0 Å². The van der Waals surface area contributed by atoms with Gasteiger partial charge in [0.2, 0.25) is 0 Å². The van der Waals surface area contributed by atoms with Crippen molar-refractivity contribution in [2.45, 2.75) is 0 Å². The zero-order valence-electron chi connectivity index (χ0n) is 27.1. The van der Waals surface area contributed by atoms with Crippen LogP contribution in [0.5, 0.6) is 0 Å². The maximum atomic E-state index is 5.44. The first kappa shape index (κ1) is 35.9. The average Bonchev–Trinajstić information content (AvgIpc) is 3.20. The summed E-state index contributed by atoms with van der Waals surface area (Å²) < 4.78 is 0. The van der Waals surface area contributed by atoms with Crippen LogP contribution in [-0.4, -0.2) is 28.0 Å². The number of hydrogen-bond donors (Lipinski definition) is 0. The molecule has 0 atom stereocenters. The molecule has 51 heavy (non-hydrogen) atoms. The van der Waals surface area contributed by atoms with Crippen LogP contribution in [0.25, 0.3) is 45.0 Å². The SMILES string of the molecule is [Pt+2].[Pt+2].[c-]1ccccc1-c1cccc([Si](c2cccc(-c3[c-]cccc3)n2)(c2cccc(-c3[c-]cccc3)n2)c2cccc(-c3[c-]cccc3)n2)n1. The third kappa shape index (κ3) is 7.29. The Morgan fingerprint density at radius 1 is 0.294 bits per heavy atom. The first-order valence-electron chi connectivity index (χ1n) is 16.1. The topological polar surface area (TPSA) is 51.6 Å². The average molecular weight is 1030 g/mol. The van der Waals surface area contributed by atoms with Gasteiger partial charge in [0.05, 0.1) is 0 Å². The summed E-state index contributed by atoms with van der Waals surface area (Å²) in [6.45, 7) is 0. The van der Waals surface area contributed by atoms with Crippen LogP contribution in [0.2, 0.25) is 0 Å². The fraction of sp³-hybridized carbons (Fsp3) is 0. The first-order chi connectivity index (χ1) is 24.3. The Kier molecular flexibility index (Phi) is 11.5. The van der Waals surface area contributed by atoms with Gasteiger partial charge in [0.25, 0.3) is 8.07 Å². The fourth-order valence-electron chi connectivity index (χ4n) is 6.17. The molecule has 248 valence electrons. The predicted molar refractivity (Wildman–Crippen MR) is 198 cm³/mol. The van der Waals surface area contributed by atoms with E-state index in [1.54, 1.807) is 0 Å². The normalized spacial score (nSPS) is 10.8. The number of benzene rings is 4. The molecule has 0 spiro atoms. The van der Waals surface area contributed by atoms with Crippen LogP contribution in [0.15, 0.2) is 170 Å². The van der Waals surface area contributed by atoms with Crippen molar-refractivity contribution >= 4 is 29.3 Å². The molecule has 0 aliphatic heterocycles. The van der Waals surface area contributed by atoms with E-state index in [2.05, 4.69) is 72.8 Å². The van der Waals surface area contributed by atoms with Gasteiger partial charge in [-0.15, -0.1) is 144 Å². The van der Waals surface area contributed by atoms with Gasteiger partial charge < -0.3 is 19.9 Å². The summed E-state index contributed by atoms with van der Waals surface area (Å²) in [6, 6.07) is 70.0. The number of nitrogens with zero attached hydrogens (tertiary/aromatic N) is 4. The second kappa shape index (κ2) is 16.4. The van der Waals surface area contributed by atoms with Gasteiger partial charge in [0.15, 0.2) is 0 Å². The molecular weight excluding hydrogens is 1000 g/mol. The zero-order chi connectivity index (χ0) is 32.9. The Balaban J connectivity index is 0.00000224. The van der Waals surface area contributed by atoms with Gasteiger partial charge in [-0.05, 0) is 47.0 Å². The van der Waals surface area contributed by atoms with Gasteiger partial charge in [0.1, 0.15) is 0 Å². The molecule has 8 rings (SSSR count). The van der Waals surface area contributed by atoms with E-state index in [1.807, 2.05) is 121 Å². The summed E-state index contributed by atoms with van der Waals surface area (Å²) in [4.78, 5) is 21.8. The monoisotopic (exact) mass is 1030 g/mol. The summed E-state index contributed by atoms with van der Waals surface area (Å²) in [5.41, 5.74) is 6.93. The van der Waals surface area contributed by atoms with E-state index in [0.29, 0.717) is 0 Å². The summed E-state index contributed by atoms with van der Waals surface area (Å²) in [5.74, 6) is 0. The van der Waals surface area contributed by atoms with E-state index >= 15 is 0 Å². The molecule has 0 bridgehead atoms. The van der Waals surface area contributed by atoms with Gasteiger partial charge >= 0.3 is 42.1 Å². The molecule has 0 N–H and O–H groups in total. The second-order valence-corrected chi connectivity index (χ2v) is 15.0. The summed E-state index contributed by atoms with van der Waals surface area (Å²) in [7, 11) is -3.46. The molecule has 0 unspecified atom stereocenters. The van der Waals surface area contributed by atoms with Gasteiger partial charge in [0, 0.05) is 21.3 Å². The molecule has 0 aliphatic carbocycles.